The summed E-state index contributed by atoms with van der Waals surface area (Å²) < 4.78 is 0. The minimum Gasteiger partial charge on any atom is -0.391 e. The first kappa shape index (κ1) is 14.7. The predicted octanol–water partition coefficient (Wildman–Crippen LogP) is 0.828. The molecule has 4 nitrogen and oxygen atoms in total. The van der Waals surface area contributed by atoms with Crippen LogP contribution in [0.3, 0.4) is 0 Å². The number of hydrogen-bond acceptors (Lipinski definition) is 3. The molecule has 3 atom stereocenters. The highest BCUT2D eigenvalue weighted by atomic mass is 35.5. The molecule has 0 aromatic carbocycles. The van der Waals surface area contributed by atoms with Gasteiger partial charge >= 0.3 is 0 Å². The molecule has 0 bridgehead atoms. The molecule has 1 aliphatic heterocycles. The van der Waals surface area contributed by atoms with Crippen LogP contribution in [0, 0.1) is 5.41 Å². The fourth-order valence-electron chi connectivity index (χ4n) is 2.63. The van der Waals surface area contributed by atoms with E-state index in [0.717, 1.165) is 45.2 Å². The fourth-order valence-corrected chi connectivity index (χ4v) is 2.63. The van der Waals surface area contributed by atoms with Gasteiger partial charge in [0.2, 0.25) is 5.91 Å². The van der Waals surface area contributed by atoms with Crippen LogP contribution in [0.4, 0.5) is 0 Å². The van der Waals surface area contributed by atoms with Crippen molar-refractivity contribution in [1.82, 2.24) is 10.6 Å². The van der Waals surface area contributed by atoms with Crippen molar-refractivity contribution in [3.63, 3.8) is 0 Å². The average Bonchev–Trinajstić information content (AvgIpc) is 2.70. The number of carbonyl (C=O) groups is 1. The van der Waals surface area contributed by atoms with Crippen molar-refractivity contribution in [2.75, 3.05) is 13.1 Å². The molecule has 0 radical (unpaired) electrons. The van der Waals surface area contributed by atoms with Crippen LogP contribution >= 0.6 is 12.4 Å². The lowest BCUT2D eigenvalue weighted by atomic mass is 9.86. The molecule has 3 N–H and O–H groups in total. The van der Waals surface area contributed by atoms with Gasteiger partial charge in [0.05, 0.1) is 17.6 Å². The van der Waals surface area contributed by atoms with Gasteiger partial charge in [0, 0.05) is 6.54 Å². The third-order valence-corrected chi connectivity index (χ3v) is 3.96. The lowest BCUT2D eigenvalue weighted by molar-refractivity contribution is -0.131. The number of carbonyl (C=O) groups excluding carboxylic acids is 1. The molecule has 0 aromatic rings. The van der Waals surface area contributed by atoms with Gasteiger partial charge in [-0.2, -0.15) is 0 Å². The molecule has 1 heterocycles. The Balaban J connectivity index is 0.00000144. The standard InChI is InChI=1S/C12H22N2O2.ClH/c1-12(6-7-13-8-12)11(16)14-9-4-2-3-5-10(9)15;/h9-10,13,15H,2-8H2,1H3,(H,14,16);1H/t9-,10-,12?;/m1./s1. The first-order valence-electron chi connectivity index (χ1n) is 6.32. The minimum atomic E-state index is -0.351. The summed E-state index contributed by atoms with van der Waals surface area (Å²) in [6.07, 6.45) is 4.46. The minimum absolute atomic E-state index is 0. The molecule has 1 saturated carbocycles. The highest BCUT2D eigenvalue weighted by Gasteiger charge is 2.38. The first-order chi connectivity index (χ1) is 7.62. The normalized spacial score (nSPS) is 37.3. The molecule has 17 heavy (non-hydrogen) atoms. The van der Waals surface area contributed by atoms with Crippen molar-refractivity contribution in [1.29, 1.82) is 0 Å². The topological polar surface area (TPSA) is 61.4 Å². The van der Waals surface area contributed by atoms with E-state index in [4.69, 9.17) is 0 Å². The molecule has 5 heteroatoms. The van der Waals surface area contributed by atoms with Crippen LogP contribution in [-0.2, 0) is 4.79 Å². The average molecular weight is 263 g/mol. The summed E-state index contributed by atoms with van der Waals surface area (Å²) >= 11 is 0. The molecule has 0 aromatic heterocycles. The molecule has 1 saturated heterocycles. The Morgan fingerprint density at radius 3 is 2.71 bits per heavy atom. The van der Waals surface area contributed by atoms with Crippen LogP contribution in [-0.4, -0.2) is 36.2 Å². The van der Waals surface area contributed by atoms with Crippen molar-refractivity contribution < 1.29 is 9.90 Å². The Hall–Kier alpha value is -0.320. The van der Waals surface area contributed by atoms with E-state index in [1.165, 1.54) is 0 Å². The summed E-state index contributed by atoms with van der Waals surface area (Å²) in [5.41, 5.74) is -0.281. The van der Waals surface area contributed by atoms with E-state index in [9.17, 15) is 9.90 Å². The maximum absolute atomic E-state index is 12.1. The number of hydrogen-bond donors (Lipinski definition) is 3. The summed E-state index contributed by atoms with van der Waals surface area (Å²) in [6, 6.07) is -0.0290. The highest BCUT2D eigenvalue weighted by molar-refractivity contribution is 5.85. The summed E-state index contributed by atoms with van der Waals surface area (Å²) in [5, 5.41) is 16.1. The first-order valence-corrected chi connectivity index (χ1v) is 6.32. The van der Waals surface area contributed by atoms with Crippen LogP contribution in [0.5, 0.6) is 0 Å². The Kier molecular flexibility index (Phi) is 5.22. The Labute approximate surface area is 109 Å². The van der Waals surface area contributed by atoms with Crippen LogP contribution in [0.2, 0.25) is 0 Å². The molecular weight excluding hydrogens is 240 g/mol. The lowest BCUT2D eigenvalue weighted by Crippen LogP contribution is -2.50. The van der Waals surface area contributed by atoms with Gasteiger partial charge in [-0.1, -0.05) is 12.8 Å². The van der Waals surface area contributed by atoms with Gasteiger partial charge in [0.25, 0.3) is 0 Å². The second kappa shape index (κ2) is 6.03. The zero-order chi connectivity index (χ0) is 11.6. The molecule has 100 valence electrons. The summed E-state index contributed by atoms with van der Waals surface area (Å²) in [7, 11) is 0. The second-order valence-corrected chi connectivity index (χ2v) is 5.42. The smallest absolute Gasteiger partial charge is 0.227 e. The van der Waals surface area contributed by atoms with E-state index < -0.39 is 0 Å². The summed E-state index contributed by atoms with van der Waals surface area (Å²) in [4.78, 5) is 12.1. The van der Waals surface area contributed by atoms with Gasteiger partial charge in [0.15, 0.2) is 0 Å². The van der Waals surface area contributed by atoms with E-state index in [1.807, 2.05) is 6.92 Å². The largest absolute Gasteiger partial charge is 0.391 e. The Morgan fingerprint density at radius 2 is 2.12 bits per heavy atom. The third kappa shape index (κ3) is 3.33. The number of aliphatic hydroxyl groups is 1. The van der Waals surface area contributed by atoms with Crippen molar-refractivity contribution in [3.8, 4) is 0 Å². The van der Waals surface area contributed by atoms with Gasteiger partial charge in [-0.3, -0.25) is 4.79 Å². The highest BCUT2D eigenvalue weighted by Crippen LogP contribution is 2.26. The third-order valence-electron chi connectivity index (χ3n) is 3.96. The zero-order valence-electron chi connectivity index (χ0n) is 10.4. The van der Waals surface area contributed by atoms with E-state index >= 15 is 0 Å². The van der Waals surface area contributed by atoms with Crippen LogP contribution in [0.15, 0.2) is 0 Å². The molecule has 1 amide bonds. The molecule has 1 unspecified atom stereocenters. The number of amides is 1. The van der Waals surface area contributed by atoms with Gasteiger partial charge in [0.1, 0.15) is 0 Å². The Bertz CT molecular complexity index is 267. The molecule has 0 spiro atoms. The van der Waals surface area contributed by atoms with Gasteiger partial charge in [-0.25, -0.2) is 0 Å². The number of aliphatic hydroxyl groups excluding tert-OH is 1. The van der Waals surface area contributed by atoms with E-state index in [-0.39, 0.29) is 35.9 Å². The summed E-state index contributed by atoms with van der Waals surface area (Å²) in [5.74, 6) is 0.100. The Morgan fingerprint density at radius 1 is 1.41 bits per heavy atom. The monoisotopic (exact) mass is 262 g/mol. The lowest BCUT2D eigenvalue weighted by Gasteiger charge is -2.31. The van der Waals surface area contributed by atoms with Crippen molar-refractivity contribution in [2.24, 2.45) is 5.41 Å². The molecule has 2 aliphatic rings. The SMILES string of the molecule is CC1(C(=O)N[C@@H]2CCCC[C@H]2O)CCNC1.Cl. The molecule has 2 fully saturated rings. The van der Waals surface area contributed by atoms with E-state index in [2.05, 4.69) is 10.6 Å². The van der Waals surface area contributed by atoms with E-state index in [1.54, 1.807) is 0 Å². The zero-order valence-corrected chi connectivity index (χ0v) is 11.2. The van der Waals surface area contributed by atoms with Gasteiger partial charge < -0.3 is 15.7 Å². The van der Waals surface area contributed by atoms with Crippen molar-refractivity contribution in [3.05, 3.63) is 0 Å². The van der Waals surface area contributed by atoms with Crippen molar-refractivity contribution >= 4 is 18.3 Å². The van der Waals surface area contributed by atoms with Gasteiger partial charge in [-0.15, -0.1) is 12.4 Å². The van der Waals surface area contributed by atoms with Crippen LogP contribution in [0.1, 0.15) is 39.0 Å². The number of halogens is 1. The van der Waals surface area contributed by atoms with Crippen LogP contribution < -0.4 is 10.6 Å². The fraction of sp³-hybridized carbons (Fsp3) is 0.917. The van der Waals surface area contributed by atoms with Crippen LogP contribution in [0.25, 0.3) is 0 Å². The molecule has 2 rings (SSSR count). The van der Waals surface area contributed by atoms with Crippen molar-refractivity contribution in [2.45, 2.75) is 51.2 Å². The molecular formula is C12H23ClN2O2. The number of rotatable bonds is 2. The maximum atomic E-state index is 12.1. The maximum Gasteiger partial charge on any atom is 0.227 e. The van der Waals surface area contributed by atoms with E-state index in [0.29, 0.717) is 0 Å². The summed E-state index contributed by atoms with van der Waals surface area (Å²) in [6.45, 7) is 3.66. The predicted molar refractivity (Wildman–Crippen MR) is 69.2 cm³/mol. The number of nitrogens with one attached hydrogen (secondary N) is 2. The quantitative estimate of drug-likeness (QED) is 0.691. The second-order valence-electron chi connectivity index (χ2n) is 5.42. The van der Waals surface area contributed by atoms with Gasteiger partial charge in [-0.05, 0) is 32.7 Å². The molecule has 1 aliphatic carbocycles.